The summed E-state index contributed by atoms with van der Waals surface area (Å²) in [7, 11) is 0. The average molecular weight is 286 g/mol. The Bertz CT molecular complexity index is 662. The van der Waals surface area contributed by atoms with Crippen molar-refractivity contribution in [2.75, 3.05) is 5.32 Å². The van der Waals surface area contributed by atoms with Crippen LogP contribution in [0.5, 0.6) is 0 Å². The molecule has 20 heavy (non-hydrogen) atoms. The number of amides is 1. The molecule has 2 nitrogen and oxygen atoms in total. The number of hydrogen-bond acceptors (Lipinski definition) is 1. The monoisotopic (exact) mass is 285 g/mol. The number of anilines is 1. The fourth-order valence-electron chi connectivity index (χ4n) is 1.88. The third kappa shape index (κ3) is 3.72. The van der Waals surface area contributed by atoms with E-state index in [0.717, 1.165) is 22.4 Å². The first-order valence-electron chi connectivity index (χ1n) is 6.37. The Morgan fingerprint density at radius 2 is 1.85 bits per heavy atom. The first-order chi connectivity index (χ1) is 9.56. The zero-order valence-corrected chi connectivity index (χ0v) is 12.2. The average Bonchev–Trinajstić information content (AvgIpc) is 2.41. The molecule has 2 aromatic carbocycles. The van der Waals surface area contributed by atoms with Crippen molar-refractivity contribution in [1.29, 1.82) is 0 Å². The SMILES string of the molecule is Cc1ccccc1/C=C/C(=O)Nc1ccc(Cl)cc1C. The lowest BCUT2D eigenvalue weighted by Crippen LogP contribution is -2.08. The first kappa shape index (κ1) is 14.4. The molecule has 0 bridgehead atoms. The molecule has 0 unspecified atom stereocenters. The molecule has 2 aromatic rings. The van der Waals surface area contributed by atoms with E-state index in [1.54, 1.807) is 12.1 Å². The van der Waals surface area contributed by atoms with Gasteiger partial charge in [-0.1, -0.05) is 35.9 Å². The number of benzene rings is 2. The molecule has 102 valence electrons. The second-order valence-electron chi connectivity index (χ2n) is 4.64. The summed E-state index contributed by atoms with van der Waals surface area (Å²) in [6.45, 7) is 3.92. The fourth-order valence-corrected chi connectivity index (χ4v) is 2.11. The zero-order chi connectivity index (χ0) is 14.5. The summed E-state index contributed by atoms with van der Waals surface area (Å²) in [6.07, 6.45) is 3.35. The van der Waals surface area contributed by atoms with Gasteiger partial charge in [-0.05, 0) is 54.8 Å². The molecule has 3 heteroatoms. The van der Waals surface area contributed by atoms with Gasteiger partial charge in [-0.3, -0.25) is 4.79 Å². The van der Waals surface area contributed by atoms with E-state index in [1.807, 2.05) is 50.3 Å². The van der Waals surface area contributed by atoms with Crippen LogP contribution in [0.3, 0.4) is 0 Å². The number of rotatable bonds is 3. The van der Waals surface area contributed by atoms with Crippen LogP contribution in [-0.4, -0.2) is 5.91 Å². The van der Waals surface area contributed by atoms with Crippen LogP contribution in [0.25, 0.3) is 6.08 Å². The summed E-state index contributed by atoms with van der Waals surface area (Å²) in [5.74, 6) is -0.154. The number of nitrogens with one attached hydrogen (secondary N) is 1. The summed E-state index contributed by atoms with van der Waals surface area (Å²) < 4.78 is 0. The summed E-state index contributed by atoms with van der Waals surface area (Å²) in [4.78, 5) is 11.9. The third-order valence-electron chi connectivity index (χ3n) is 3.05. The Morgan fingerprint density at radius 1 is 1.10 bits per heavy atom. The Labute approximate surface area is 124 Å². The highest BCUT2D eigenvalue weighted by Crippen LogP contribution is 2.19. The molecule has 0 aliphatic heterocycles. The van der Waals surface area contributed by atoms with Crippen LogP contribution in [0.4, 0.5) is 5.69 Å². The molecule has 1 N–H and O–H groups in total. The van der Waals surface area contributed by atoms with E-state index < -0.39 is 0 Å². The molecule has 2 rings (SSSR count). The van der Waals surface area contributed by atoms with Crippen molar-refractivity contribution in [2.24, 2.45) is 0 Å². The van der Waals surface area contributed by atoms with Gasteiger partial charge in [0.1, 0.15) is 0 Å². The van der Waals surface area contributed by atoms with E-state index in [2.05, 4.69) is 5.32 Å². The molecular formula is C17H16ClNO. The summed E-state index contributed by atoms with van der Waals surface area (Å²) in [5, 5.41) is 3.51. The molecule has 0 saturated heterocycles. The van der Waals surface area contributed by atoms with E-state index in [4.69, 9.17) is 11.6 Å². The summed E-state index contributed by atoms with van der Waals surface area (Å²) in [6, 6.07) is 13.3. The van der Waals surface area contributed by atoms with E-state index in [1.165, 1.54) is 6.08 Å². The molecule has 0 aliphatic rings. The minimum Gasteiger partial charge on any atom is -0.322 e. The predicted molar refractivity (Wildman–Crippen MR) is 85.0 cm³/mol. The lowest BCUT2D eigenvalue weighted by Gasteiger charge is -2.06. The van der Waals surface area contributed by atoms with E-state index in [9.17, 15) is 4.79 Å². The van der Waals surface area contributed by atoms with Gasteiger partial charge in [0, 0.05) is 16.8 Å². The van der Waals surface area contributed by atoms with E-state index in [-0.39, 0.29) is 5.91 Å². The standard InChI is InChI=1S/C17H16ClNO/c1-12-5-3-4-6-14(12)7-10-17(20)19-16-9-8-15(18)11-13(16)2/h3-11H,1-2H3,(H,19,20)/b10-7+. The van der Waals surface area contributed by atoms with Crippen molar-refractivity contribution < 1.29 is 4.79 Å². The van der Waals surface area contributed by atoms with Crippen molar-refractivity contribution in [3.8, 4) is 0 Å². The lowest BCUT2D eigenvalue weighted by molar-refractivity contribution is -0.111. The van der Waals surface area contributed by atoms with Gasteiger partial charge in [0.2, 0.25) is 5.91 Å². The second-order valence-corrected chi connectivity index (χ2v) is 5.07. The molecule has 1 amide bonds. The van der Waals surface area contributed by atoms with Crippen molar-refractivity contribution in [3.05, 3.63) is 70.3 Å². The quantitative estimate of drug-likeness (QED) is 0.820. The fraction of sp³-hybridized carbons (Fsp3) is 0.118. The maximum atomic E-state index is 11.9. The van der Waals surface area contributed by atoms with E-state index in [0.29, 0.717) is 5.02 Å². The van der Waals surface area contributed by atoms with Gasteiger partial charge >= 0.3 is 0 Å². The normalized spacial score (nSPS) is 10.8. The Balaban J connectivity index is 2.08. The molecule has 0 atom stereocenters. The van der Waals surface area contributed by atoms with Gasteiger partial charge in [0.05, 0.1) is 0 Å². The first-order valence-corrected chi connectivity index (χ1v) is 6.75. The van der Waals surface area contributed by atoms with Gasteiger partial charge in [-0.25, -0.2) is 0 Å². The highest BCUT2D eigenvalue weighted by Gasteiger charge is 2.02. The van der Waals surface area contributed by atoms with E-state index >= 15 is 0 Å². The van der Waals surface area contributed by atoms with Crippen LogP contribution in [0.2, 0.25) is 5.02 Å². The number of carbonyl (C=O) groups excluding carboxylic acids is 1. The highest BCUT2D eigenvalue weighted by atomic mass is 35.5. The minimum atomic E-state index is -0.154. The van der Waals surface area contributed by atoms with Gasteiger partial charge in [-0.15, -0.1) is 0 Å². The summed E-state index contributed by atoms with van der Waals surface area (Å²) >= 11 is 5.89. The van der Waals surface area contributed by atoms with Gasteiger partial charge in [-0.2, -0.15) is 0 Å². The number of aryl methyl sites for hydroxylation is 2. The Hall–Kier alpha value is -2.06. The largest absolute Gasteiger partial charge is 0.322 e. The molecule has 0 radical (unpaired) electrons. The van der Waals surface area contributed by atoms with Gasteiger partial charge in [0.25, 0.3) is 0 Å². The van der Waals surface area contributed by atoms with Crippen LogP contribution in [-0.2, 0) is 4.79 Å². The minimum absolute atomic E-state index is 0.154. The van der Waals surface area contributed by atoms with Crippen molar-refractivity contribution in [3.63, 3.8) is 0 Å². The number of hydrogen-bond donors (Lipinski definition) is 1. The topological polar surface area (TPSA) is 29.1 Å². The van der Waals surface area contributed by atoms with Crippen molar-refractivity contribution >= 4 is 29.3 Å². The molecule has 0 aromatic heterocycles. The highest BCUT2D eigenvalue weighted by molar-refractivity contribution is 6.30. The molecule has 0 spiro atoms. The zero-order valence-electron chi connectivity index (χ0n) is 11.5. The molecule has 0 saturated carbocycles. The molecule has 0 fully saturated rings. The molecular weight excluding hydrogens is 270 g/mol. The molecule has 0 heterocycles. The third-order valence-corrected chi connectivity index (χ3v) is 3.28. The Morgan fingerprint density at radius 3 is 2.55 bits per heavy atom. The number of halogens is 1. The smallest absolute Gasteiger partial charge is 0.248 e. The van der Waals surface area contributed by atoms with Crippen LogP contribution in [0.1, 0.15) is 16.7 Å². The maximum Gasteiger partial charge on any atom is 0.248 e. The van der Waals surface area contributed by atoms with Gasteiger partial charge in [0.15, 0.2) is 0 Å². The van der Waals surface area contributed by atoms with Crippen molar-refractivity contribution in [2.45, 2.75) is 13.8 Å². The lowest BCUT2D eigenvalue weighted by atomic mass is 10.1. The maximum absolute atomic E-state index is 11.9. The van der Waals surface area contributed by atoms with Crippen LogP contribution >= 0.6 is 11.6 Å². The van der Waals surface area contributed by atoms with Crippen molar-refractivity contribution in [1.82, 2.24) is 0 Å². The second kappa shape index (κ2) is 6.40. The Kier molecular flexibility index (Phi) is 4.59. The van der Waals surface area contributed by atoms with Crippen LogP contribution in [0, 0.1) is 13.8 Å². The molecule has 0 aliphatic carbocycles. The number of carbonyl (C=O) groups is 1. The predicted octanol–water partition coefficient (Wildman–Crippen LogP) is 4.61. The van der Waals surface area contributed by atoms with Crippen LogP contribution in [0.15, 0.2) is 48.5 Å². The van der Waals surface area contributed by atoms with Gasteiger partial charge < -0.3 is 5.32 Å². The van der Waals surface area contributed by atoms with Crippen LogP contribution < -0.4 is 5.32 Å². The summed E-state index contributed by atoms with van der Waals surface area (Å²) in [5.41, 5.74) is 3.89.